The van der Waals surface area contributed by atoms with E-state index >= 15 is 0 Å². The quantitative estimate of drug-likeness (QED) is 0.709. The lowest BCUT2D eigenvalue weighted by Crippen LogP contribution is -2.61. The maximum absolute atomic E-state index is 11.3. The molecule has 1 fully saturated rings. The van der Waals surface area contributed by atoms with Crippen molar-refractivity contribution in [2.45, 2.75) is 25.9 Å². The molecule has 0 spiro atoms. The van der Waals surface area contributed by atoms with E-state index in [4.69, 9.17) is 10.2 Å². The van der Waals surface area contributed by atoms with Crippen LogP contribution in [0, 0.1) is 6.92 Å². The number of aryl methyl sites for hydroxylation is 1. The number of rotatable bonds is 2. The first kappa shape index (κ1) is 9.27. The van der Waals surface area contributed by atoms with Gasteiger partial charge < -0.3 is 15.1 Å². The fourth-order valence-corrected chi connectivity index (χ4v) is 1.66. The van der Waals surface area contributed by atoms with E-state index in [-0.39, 0.29) is 18.0 Å². The van der Waals surface area contributed by atoms with Gasteiger partial charge in [-0.05, 0) is 26.0 Å². The number of likely N-dealkylation sites (tertiary alicyclic amines) is 1. The van der Waals surface area contributed by atoms with Crippen molar-refractivity contribution in [3.8, 4) is 0 Å². The maximum atomic E-state index is 11.3. The van der Waals surface area contributed by atoms with Crippen LogP contribution in [0.1, 0.15) is 24.5 Å². The molecule has 1 saturated heterocycles. The molecule has 2 N–H and O–H groups in total. The third kappa shape index (κ3) is 1.32. The van der Waals surface area contributed by atoms with Crippen LogP contribution < -0.4 is 5.73 Å². The van der Waals surface area contributed by atoms with Gasteiger partial charge in [0, 0.05) is 6.54 Å². The molecule has 1 amide bonds. The highest BCUT2D eigenvalue weighted by atomic mass is 16.3. The standard InChI is InChI=1S/C10H14N2O2/c1-6-3-4-9(14-6)7(2)12-5-8(11)10(12)13/h3-4,7-8H,5,11H2,1-2H3. The van der Waals surface area contributed by atoms with Gasteiger partial charge in [0.1, 0.15) is 17.6 Å². The first-order valence-corrected chi connectivity index (χ1v) is 4.72. The van der Waals surface area contributed by atoms with Crippen LogP contribution in [0.3, 0.4) is 0 Å². The first-order chi connectivity index (χ1) is 6.59. The molecule has 2 atom stereocenters. The van der Waals surface area contributed by atoms with Crippen molar-refractivity contribution in [3.05, 3.63) is 23.7 Å². The van der Waals surface area contributed by atoms with Gasteiger partial charge in [-0.2, -0.15) is 0 Å². The largest absolute Gasteiger partial charge is 0.464 e. The van der Waals surface area contributed by atoms with Gasteiger partial charge in [-0.15, -0.1) is 0 Å². The third-order valence-electron chi connectivity index (χ3n) is 2.63. The topological polar surface area (TPSA) is 59.5 Å². The minimum atomic E-state index is -0.312. The zero-order valence-electron chi connectivity index (χ0n) is 8.36. The average molecular weight is 194 g/mol. The first-order valence-electron chi connectivity index (χ1n) is 4.72. The van der Waals surface area contributed by atoms with Crippen molar-refractivity contribution in [1.29, 1.82) is 0 Å². The molecular weight excluding hydrogens is 180 g/mol. The Balaban J connectivity index is 2.10. The highest BCUT2D eigenvalue weighted by Crippen LogP contribution is 2.26. The van der Waals surface area contributed by atoms with E-state index in [9.17, 15) is 4.79 Å². The molecule has 1 aromatic rings. The van der Waals surface area contributed by atoms with Crippen LogP contribution in [0.2, 0.25) is 0 Å². The summed E-state index contributed by atoms with van der Waals surface area (Å²) in [7, 11) is 0. The molecule has 4 heteroatoms. The van der Waals surface area contributed by atoms with Gasteiger partial charge in [0.2, 0.25) is 5.91 Å². The highest BCUT2D eigenvalue weighted by Gasteiger charge is 2.37. The SMILES string of the molecule is Cc1ccc(C(C)N2CC(N)C2=O)o1. The molecule has 0 aliphatic carbocycles. The Morgan fingerprint density at radius 1 is 1.64 bits per heavy atom. The van der Waals surface area contributed by atoms with Crippen LogP contribution in [0.15, 0.2) is 16.5 Å². The monoisotopic (exact) mass is 194 g/mol. The number of carbonyl (C=O) groups excluding carboxylic acids is 1. The average Bonchev–Trinajstić information content (AvgIpc) is 2.59. The fraction of sp³-hybridized carbons (Fsp3) is 0.500. The summed E-state index contributed by atoms with van der Waals surface area (Å²) in [6.45, 7) is 4.46. The summed E-state index contributed by atoms with van der Waals surface area (Å²) in [5.41, 5.74) is 5.51. The summed E-state index contributed by atoms with van der Waals surface area (Å²) in [5, 5.41) is 0. The van der Waals surface area contributed by atoms with Crippen LogP contribution in [-0.4, -0.2) is 23.4 Å². The maximum Gasteiger partial charge on any atom is 0.242 e. The Kier molecular flexibility index (Phi) is 2.07. The van der Waals surface area contributed by atoms with Gasteiger partial charge in [-0.1, -0.05) is 0 Å². The van der Waals surface area contributed by atoms with E-state index in [2.05, 4.69) is 0 Å². The minimum absolute atomic E-state index is 0.00370. The van der Waals surface area contributed by atoms with Crippen molar-refractivity contribution in [3.63, 3.8) is 0 Å². The minimum Gasteiger partial charge on any atom is -0.464 e. The van der Waals surface area contributed by atoms with Gasteiger partial charge in [0.15, 0.2) is 0 Å². The molecule has 2 unspecified atom stereocenters. The molecular formula is C10H14N2O2. The predicted molar refractivity (Wildman–Crippen MR) is 51.5 cm³/mol. The van der Waals surface area contributed by atoms with Crippen LogP contribution in [-0.2, 0) is 4.79 Å². The molecule has 1 aliphatic heterocycles. The Labute approximate surface area is 82.7 Å². The van der Waals surface area contributed by atoms with E-state index in [0.717, 1.165) is 11.5 Å². The van der Waals surface area contributed by atoms with Crippen molar-refractivity contribution < 1.29 is 9.21 Å². The van der Waals surface area contributed by atoms with E-state index in [1.165, 1.54) is 0 Å². The molecule has 0 radical (unpaired) electrons. The van der Waals surface area contributed by atoms with Crippen molar-refractivity contribution in [1.82, 2.24) is 4.90 Å². The molecule has 1 aliphatic rings. The Morgan fingerprint density at radius 3 is 2.79 bits per heavy atom. The van der Waals surface area contributed by atoms with Crippen molar-refractivity contribution in [2.24, 2.45) is 5.73 Å². The zero-order chi connectivity index (χ0) is 10.3. The van der Waals surface area contributed by atoms with Gasteiger partial charge in [0.25, 0.3) is 0 Å². The summed E-state index contributed by atoms with van der Waals surface area (Å²) in [6, 6.07) is 3.48. The molecule has 0 saturated carbocycles. The van der Waals surface area contributed by atoms with Gasteiger partial charge in [-0.25, -0.2) is 0 Å². The second-order valence-corrected chi connectivity index (χ2v) is 3.72. The molecule has 2 heterocycles. The molecule has 0 bridgehead atoms. The summed E-state index contributed by atoms with van der Waals surface area (Å²) in [6.07, 6.45) is 0. The molecule has 0 aromatic carbocycles. The summed E-state index contributed by atoms with van der Waals surface area (Å²) in [4.78, 5) is 13.1. The number of furan rings is 1. The zero-order valence-corrected chi connectivity index (χ0v) is 8.36. The van der Waals surface area contributed by atoms with Crippen LogP contribution in [0.5, 0.6) is 0 Å². The van der Waals surface area contributed by atoms with Gasteiger partial charge in [-0.3, -0.25) is 4.79 Å². The summed E-state index contributed by atoms with van der Waals surface area (Å²) < 4.78 is 5.45. The van der Waals surface area contributed by atoms with Crippen LogP contribution in [0.4, 0.5) is 0 Å². The van der Waals surface area contributed by atoms with Gasteiger partial charge >= 0.3 is 0 Å². The third-order valence-corrected chi connectivity index (χ3v) is 2.63. The Bertz CT molecular complexity index is 359. The predicted octanol–water partition coefficient (Wildman–Crippen LogP) is 0.819. The lowest BCUT2D eigenvalue weighted by Gasteiger charge is -2.39. The van der Waals surface area contributed by atoms with E-state index in [0.29, 0.717) is 6.54 Å². The lowest BCUT2D eigenvalue weighted by atomic mass is 10.0. The second-order valence-electron chi connectivity index (χ2n) is 3.72. The normalized spacial score (nSPS) is 23.5. The number of hydrogen-bond donors (Lipinski definition) is 1. The van der Waals surface area contributed by atoms with E-state index in [1.54, 1.807) is 4.90 Å². The molecule has 1 aromatic heterocycles. The van der Waals surface area contributed by atoms with Crippen molar-refractivity contribution in [2.75, 3.05) is 6.54 Å². The highest BCUT2D eigenvalue weighted by molar-refractivity contribution is 5.88. The Hall–Kier alpha value is -1.29. The van der Waals surface area contributed by atoms with Crippen molar-refractivity contribution >= 4 is 5.91 Å². The number of carbonyl (C=O) groups is 1. The number of β-lactam (4-membered cyclic amide) rings is 1. The Morgan fingerprint density at radius 2 is 2.36 bits per heavy atom. The number of amides is 1. The number of nitrogens with zero attached hydrogens (tertiary/aromatic N) is 1. The van der Waals surface area contributed by atoms with Crippen LogP contribution >= 0.6 is 0 Å². The number of nitrogens with two attached hydrogens (primary N) is 1. The molecule has 2 rings (SSSR count). The summed E-state index contributed by atoms with van der Waals surface area (Å²) >= 11 is 0. The molecule has 4 nitrogen and oxygen atoms in total. The second kappa shape index (κ2) is 3.13. The van der Waals surface area contributed by atoms with E-state index < -0.39 is 0 Å². The molecule has 14 heavy (non-hydrogen) atoms. The number of hydrogen-bond acceptors (Lipinski definition) is 3. The molecule has 76 valence electrons. The van der Waals surface area contributed by atoms with Gasteiger partial charge in [0.05, 0.1) is 6.04 Å². The van der Waals surface area contributed by atoms with E-state index in [1.807, 2.05) is 26.0 Å². The van der Waals surface area contributed by atoms with Crippen LogP contribution in [0.25, 0.3) is 0 Å². The fourth-order valence-electron chi connectivity index (χ4n) is 1.66. The lowest BCUT2D eigenvalue weighted by molar-refractivity contribution is -0.145. The smallest absolute Gasteiger partial charge is 0.242 e. The summed E-state index contributed by atoms with van der Waals surface area (Å²) in [5.74, 6) is 1.69.